The van der Waals surface area contributed by atoms with Crippen LogP contribution in [0.5, 0.6) is 0 Å². The predicted octanol–water partition coefficient (Wildman–Crippen LogP) is 3.72. The quantitative estimate of drug-likeness (QED) is 0.915. The third-order valence-electron chi connectivity index (χ3n) is 5.40. The molecule has 2 saturated carbocycles. The molecule has 21 heavy (non-hydrogen) atoms. The molecule has 0 saturated heterocycles. The first kappa shape index (κ1) is 14.5. The van der Waals surface area contributed by atoms with Crippen molar-refractivity contribution in [3.8, 4) is 0 Å². The molecule has 3 rings (SSSR count). The molecule has 0 aromatic carbocycles. The van der Waals surface area contributed by atoms with E-state index in [0.29, 0.717) is 11.8 Å². The van der Waals surface area contributed by atoms with E-state index in [1.165, 1.54) is 19.3 Å². The molecule has 0 bridgehead atoms. The van der Waals surface area contributed by atoms with Crippen LogP contribution in [0.25, 0.3) is 0 Å². The molecule has 2 aliphatic carbocycles. The van der Waals surface area contributed by atoms with Crippen LogP contribution >= 0.6 is 0 Å². The van der Waals surface area contributed by atoms with Gasteiger partial charge in [-0.25, -0.2) is 0 Å². The van der Waals surface area contributed by atoms with Gasteiger partial charge in [-0.3, -0.25) is 4.79 Å². The molecule has 0 radical (unpaired) electrons. The maximum absolute atomic E-state index is 11.3. The van der Waals surface area contributed by atoms with Gasteiger partial charge >= 0.3 is 5.97 Å². The van der Waals surface area contributed by atoms with Crippen molar-refractivity contribution in [2.75, 3.05) is 0 Å². The minimum absolute atomic E-state index is 0.0873. The summed E-state index contributed by atoms with van der Waals surface area (Å²) in [4.78, 5) is 15.8. The van der Waals surface area contributed by atoms with Gasteiger partial charge in [-0.05, 0) is 44.4 Å². The minimum atomic E-state index is -0.735. The SMILES string of the molecule is CCC1CCC(c2noc(C3CCCC3C(=O)O)n2)CC1. The van der Waals surface area contributed by atoms with Gasteiger partial charge in [0.2, 0.25) is 5.89 Å². The van der Waals surface area contributed by atoms with Crippen LogP contribution in [0.2, 0.25) is 0 Å². The lowest BCUT2D eigenvalue weighted by Crippen LogP contribution is -2.17. The molecule has 0 spiro atoms. The summed E-state index contributed by atoms with van der Waals surface area (Å²) in [5, 5.41) is 13.4. The Morgan fingerprint density at radius 2 is 2.00 bits per heavy atom. The Morgan fingerprint density at radius 3 is 2.67 bits per heavy atom. The van der Waals surface area contributed by atoms with Gasteiger partial charge in [0.1, 0.15) is 0 Å². The van der Waals surface area contributed by atoms with Gasteiger partial charge in [0.05, 0.1) is 11.8 Å². The van der Waals surface area contributed by atoms with Crippen molar-refractivity contribution < 1.29 is 14.4 Å². The number of aliphatic carboxylic acids is 1. The van der Waals surface area contributed by atoms with Gasteiger partial charge in [0.25, 0.3) is 0 Å². The van der Waals surface area contributed by atoms with E-state index in [9.17, 15) is 9.90 Å². The Balaban J connectivity index is 1.68. The molecule has 1 aromatic rings. The number of carboxylic acids is 1. The summed E-state index contributed by atoms with van der Waals surface area (Å²) in [6, 6.07) is 0. The summed E-state index contributed by atoms with van der Waals surface area (Å²) >= 11 is 0. The van der Waals surface area contributed by atoms with Crippen LogP contribution in [0.15, 0.2) is 4.52 Å². The number of nitrogens with zero attached hydrogens (tertiary/aromatic N) is 2. The van der Waals surface area contributed by atoms with Crippen LogP contribution in [0.3, 0.4) is 0 Å². The molecule has 2 atom stereocenters. The maximum Gasteiger partial charge on any atom is 0.307 e. The van der Waals surface area contributed by atoms with E-state index in [-0.39, 0.29) is 11.8 Å². The van der Waals surface area contributed by atoms with Crippen molar-refractivity contribution in [1.82, 2.24) is 10.1 Å². The van der Waals surface area contributed by atoms with Gasteiger partial charge in [0.15, 0.2) is 5.82 Å². The first-order valence-corrected chi connectivity index (χ1v) is 8.25. The van der Waals surface area contributed by atoms with E-state index < -0.39 is 5.97 Å². The minimum Gasteiger partial charge on any atom is -0.481 e. The maximum atomic E-state index is 11.3. The third-order valence-corrected chi connectivity index (χ3v) is 5.40. The van der Waals surface area contributed by atoms with E-state index in [1.807, 2.05) is 0 Å². The molecule has 2 unspecified atom stereocenters. The molecule has 1 aromatic heterocycles. The van der Waals surface area contributed by atoms with Crippen molar-refractivity contribution in [2.24, 2.45) is 11.8 Å². The average Bonchev–Trinajstić information content (AvgIpc) is 3.16. The summed E-state index contributed by atoms with van der Waals surface area (Å²) < 4.78 is 5.41. The highest BCUT2D eigenvalue weighted by molar-refractivity contribution is 5.71. The summed E-state index contributed by atoms with van der Waals surface area (Å²) in [6.45, 7) is 2.25. The topological polar surface area (TPSA) is 76.2 Å². The molecule has 5 nitrogen and oxygen atoms in total. The van der Waals surface area contributed by atoms with Gasteiger partial charge in [-0.2, -0.15) is 4.98 Å². The van der Waals surface area contributed by atoms with Crippen molar-refractivity contribution >= 4 is 5.97 Å². The molecule has 5 heteroatoms. The van der Waals surface area contributed by atoms with Gasteiger partial charge in [-0.1, -0.05) is 24.9 Å². The fraction of sp³-hybridized carbons (Fsp3) is 0.812. The van der Waals surface area contributed by atoms with Crippen LogP contribution in [-0.2, 0) is 4.79 Å². The monoisotopic (exact) mass is 292 g/mol. The van der Waals surface area contributed by atoms with Crippen LogP contribution in [0.1, 0.15) is 81.8 Å². The largest absolute Gasteiger partial charge is 0.481 e. The third kappa shape index (κ3) is 2.97. The fourth-order valence-electron chi connectivity index (χ4n) is 3.94. The van der Waals surface area contributed by atoms with Gasteiger partial charge in [0, 0.05) is 5.92 Å². The summed E-state index contributed by atoms with van der Waals surface area (Å²) in [5.74, 6) is 1.42. The molecule has 2 aliphatic rings. The van der Waals surface area contributed by atoms with Crippen LogP contribution in [-0.4, -0.2) is 21.2 Å². The number of hydrogen-bond acceptors (Lipinski definition) is 4. The Kier molecular flexibility index (Phi) is 4.27. The fourth-order valence-corrected chi connectivity index (χ4v) is 3.94. The number of carboxylic acid groups (broad SMARTS) is 1. The Hall–Kier alpha value is -1.39. The second-order valence-corrected chi connectivity index (χ2v) is 6.60. The lowest BCUT2D eigenvalue weighted by molar-refractivity contribution is -0.142. The zero-order chi connectivity index (χ0) is 14.8. The molecule has 116 valence electrons. The van der Waals surface area contributed by atoms with Gasteiger partial charge < -0.3 is 9.63 Å². The predicted molar refractivity (Wildman–Crippen MR) is 77.0 cm³/mol. The average molecular weight is 292 g/mol. The normalized spacial score (nSPS) is 33.2. The van der Waals surface area contributed by atoms with E-state index in [4.69, 9.17) is 4.52 Å². The standard InChI is InChI=1S/C16H24N2O3/c1-2-10-6-8-11(9-7-10)14-17-15(21-18-14)12-4-3-5-13(12)16(19)20/h10-13H,2-9H2,1H3,(H,19,20). The zero-order valence-electron chi connectivity index (χ0n) is 12.6. The first-order valence-electron chi connectivity index (χ1n) is 8.25. The highest BCUT2D eigenvalue weighted by Gasteiger charge is 2.38. The second-order valence-electron chi connectivity index (χ2n) is 6.60. The summed E-state index contributed by atoms with van der Waals surface area (Å²) in [5.41, 5.74) is 0. The molecular formula is C16H24N2O3. The molecule has 1 N–H and O–H groups in total. The Labute approximate surface area is 125 Å². The smallest absolute Gasteiger partial charge is 0.307 e. The van der Waals surface area contributed by atoms with Crippen molar-refractivity contribution in [2.45, 2.75) is 70.1 Å². The molecule has 0 aliphatic heterocycles. The molecule has 2 fully saturated rings. The van der Waals surface area contributed by atoms with Gasteiger partial charge in [-0.15, -0.1) is 0 Å². The van der Waals surface area contributed by atoms with E-state index in [0.717, 1.165) is 43.8 Å². The number of carbonyl (C=O) groups is 1. The summed E-state index contributed by atoms with van der Waals surface area (Å²) in [6.07, 6.45) is 8.50. The van der Waals surface area contributed by atoms with Crippen molar-refractivity contribution in [3.05, 3.63) is 11.7 Å². The lowest BCUT2D eigenvalue weighted by atomic mass is 9.80. The molecule has 1 heterocycles. The second kappa shape index (κ2) is 6.16. The highest BCUT2D eigenvalue weighted by atomic mass is 16.5. The number of aromatic nitrogens is 2. The lowest BCUT2D eigenvalue weighted by Gasteiger charge is -2.25. The van der Waals surface area contributed by atoms with E-state index in [2.05, 4.69) is 17.1 Å². The van der Waals surface area contributed by atoms with Crippen molar-refractivity contribution in [3.63, 3.8) is 0 Å². The number of rotatable bonds is 4. The van der Waals surface area contributed by atoms with Crippen LogP contribution < -0.4 is 0 Å². The van der Waals surface area contributed by atoms with Crippen LogP contribution in [0, 0.1) is 11.8 Å². The first-order chi connectivity index (χ1) is 10.2. The van der Waals surface area contributed by atoms with Crippen LogP contribution in [0.4, 0.5) is 0 Å². The Bertz CT molecular complexity index is 491. The zero-order valence-corrected chi connectivity index (χ0v) is 12.6. The highest BCUT2D eigenvalue weighted by Crippen LogP contribution is 2.40. The van der Waals surface area contributed by atoms with E-state index in [1.54, 1.807) is 0 Å². The Morgan fingerprint density at radius 1 is 1.24 bits per heavy atom. The van der Waals surface area contributed by atoms with E-state index >= 15 is 0 Å². The van der Waals surface area contributed by atoms with Crippen molar-refractivity contribution in [1.29, 1.82) is 0 Å². The summed E-state index contributed by atoms with van der Waals surface area (Å²) in [7, 11) is 0. The molecular weight excluding hydrogens is 268 g/mol. The number of hydrogen-bond donors (Lipinski definition) is 1. The molecule has 0 amide bonds.